The Balaban J connectivity index is 2.69. The lowest BCUT2D eigenvalue weighted by atomic mass is 10.1. The maximum absolute atomic E-state index is 12.4. The first-order valence-electron chi connectivity index (χ1n) is 6.48. The molecule has 0 atom stereocenters. The molecule has 0 bridgehead atoms. The topological polar surface area (TPSA) is 111 Å². The van der Waals surface area contributed by atoms with Crippen molar-refractivity contribution in [3.05, 3.63) is 29.1 Å². The third-order valence-electron chi connectivity index (χ3n) is 3.06. The van der Waals surface area contributed by atoms with E-state index >= 15 is 0 Å². The molecule has 1 aromatic carbocycles. The molecule has 1 heterocycles. The monoisotopic (exact) mass is 373 g/mol. The molecule has 1 aromatic heterocycles. The zero-order valence-electron chi connectivity index (χ0n) is 13.0. The van der Waals surface area contributed by atoms with Crippen LogP contribution in [-0.2, 0) is 10.0 Å². The summed E-state index contributed by atoms with van der Waals surface area (Å²) in [5, 5.41) is 11.0. The van der Waals surface area contributed by atoms with E-state index in [9.17, 15) is 18.3 Å². The Labute approximate surface area is 142 Å². The van der Waals surface area contributed by atoms with Crippen LogP contribution in [0.25, 0.3) is 0 Å². The van der Waals surface area contributed by atoms with Gasteiger partial charge in [-0.25, -0.2) is 13.2 Å². The van der Waals surface area contributed by atoms with Crippen LogP contribution >= 0.6 is 11.3 Å². The second kappa shape index (κ2) is 6.97. The molecule has 24 heavy (non-hydrogen) atoms. The van der Waals surface area contributed by atoms with E-state index in [-0.39, 0.29) is 32.7 Å². The minimum Gasteiger partial charge on any atom is -0.493 e. The molecule has 0 amide bonds. The highest BCUT2D eigenvalue weighted by atomic mass is 32.2. The van der Waals surface area contributed by atoms with Crippen LogP contribution in [-0.4, -0.2) is 40.8 Å². The van der Waals surface area contributed by atoms with Gasteiger partial charge in [0, 0.05) is 6.07 Å². The summed E-state index contributed by atoms with van der Waals surface area (Å²) in [7, 11) is -0.0412. The summed E-state index contributed by atoms with van der Waals surface area (Å²) in [6.45, 7) is 0. The smallest absolute Gasteiger partial charge is 0.338 e. The van der Waals surface area contributed by atoms with Gasteiger partial charge in [0.25, 0.3) is 10.0 Å². The minimum absolute atomic E-state index is 0.0377. The molecule has 2 N–H and O–H groups in total. The number of carboxylic acids is 1. The predicted octanol–water partition coefficient (Wildman–Crippen LogP) is 2.27. The van der Waals surface area contributed by atoms with Gasteiger partial charge in [-0.1, -0.05) is 6.07 Å². The number of sulfonamides is 1. The largest absolute Gasteiger partial charge is 0.493 e. The van der Waals surface area contributed by atoms with Gasteiger partial charge in [-0.05, 0) is 11.4 Å². The maximum atomic E-state index is 12.4. The van der Waals surface area contributed by atoms with Crippen LogP contribution in [0.3, 0.4) is 0 Å². The second-order valence-electron chi connectivity index (χ2n) is 4.41. The molecule has 0 radical (unpaired) electrons. The Morgan fingerprint density at radius 2 is 1.83 bits per heavy atom. The molecule has 0 unspecified atom stereocenters. The fourth-order valence-electron chi connectivity index (χ4n) is 2.03. The van der Waals surface area contributed by atoms with Gasteiger partial charge in [0.05, 0.1) is 26.9 Å². The Bertz CT molecular complexity index is 845. The third kappa shape index (κ3) is 3.24. The van der Waals surface area contributed by atoms with Crippen LogP contribution in [0.1, 0.15) is 10.4 Å². The van der Waals surface area contributed by atoms with E-state index in [1.165, 1.54) is 27.4 Å². The molecule has 0 aliphatic heterocycles. The lowest BCUT2D eigenvalue weighted by molar-refractivity contribution is 0.0697. The number of nitrogens with one attached hydrogen (secondary N) is 1. The summed E-state index contributed by atoms with van der Waals surface area (Å²) in [5.74, 6) is -1.26. The summed E-state index contributed by atoms with van der Waals surface area (Å²) in [4.78, 5) is 11.5. The van der Waals surface area contributed by atoms with Crippen molar-refractivity contribution < 1.29 is 32.5 Å². The number of carboxylic acid groups (broad SMARTS) is 1. The van der Waals surface area contributed by atoms with Gasteiger partial charge in [0.15, 0.2) is 11.5 Å². The highest BCUT2D eigenvalue weighted by molar-refractivity contribution is 7.94. The van der Waals surface area contributed by atoms with Gasteiger partial charge in [-0.15, -0.1) is 11.3 Å². The summed E-state index contributed by atoms with van der Waals surface area (Å²) in [6, 6.07) is 4.14. The van der Waals surface area contributed by atoms with Crippen molar-refractivity contribution in [1.82, 2.24) is 0 Å². The van der Waals surface area contributed by atoms with Gasteiger partial charge in [-0.2, -0.15) is 0 Å². The van der Waals surface area contributed by atoms with Crippen molar-refractivity contribution in [2.75, 3.05) is 26.1 Å². The normalized spacial score (nSPS) is 11.0. The van der Waals surface area contributed by atoms with Gasteiger partial charge >= 0.3 is 5.97 Å². The van der Waals surface area contributed by atoms with Crippen LogP contribution in [0.15, 0.2) is 27.8 Å². The number of hydrogen-bond acceptors (Lipinski definition) is 7. The minimum atomic E-state index is -3.97. The Hall–Kier alpha value is -2.46. The number of benzene rings is 1. The van der Waals surface area contributed by atoms with E-state index in [1.54, 1.807) is 11.4 Å². The van der Waals surface area contributed by atoms with E-state index < -0.39 is 16.0 Å². The maximum Gasteiger partial charge on any atom is 0.338 e. The third-order valence-corrected chi connectivity index (χ3v) is 5.80. The Morgan fingerprint density at radius 1 is 1.17 bits per heavy atom. The van der Waals surface area contributed by atoms with Gasteiger partial charge < -0.3 is 19.3 Å². The molecule has 0 saturated heterocycles. The molecule has 10 heteroatoms. The number of aromatic carboxylic acids is 1. The Morgan fingerprint density at radius 3 is 2.29 bits per heavy atom. The molecule has 0 fully saturated rings. The average Bonchev–Trinajstić information content (AvgIpc) is 3.08. The number of carbonyl (C=O) groups is 1. The van der Waals surface area contributed by atoms with Crippen LogP contribution in [0.5, 0.6) is 17.2 Å². The van der Waals surface area contributed by atoms with Crippen LogP contribution in [0.2, 0.25) is 0 Å². The van der Waals surface area contributed by atoms with Crippen molar-refractivity contribution >= 4 is 33.0 Å². The van der Waals surface area contributed by atoms with Crippen molar-refractivity contribution in [1.29, 1.82) is 0 Å². The van der Waals surface area contributed by atoms with E-state index in [2.05, 4.69) is 4.72 Å². The molecule has 0 spiro atoms. The molecule has 0 saturated carbocycles. The molecule has 2 aromatic rings. The molecule has 0 aliphatic rings. The second-order valence-corrected chi connectivity index (χ2v) is 7.27. The predicted molar refractivity (Wildman–Crippen MR) is 88.2 cm³/mol. The van der Waals surface area contributed by atoms with Crippen molar-refractivity contribution in [2.45, 2.75) is 4.21 Å². The van der Waals surface area contributed by atoms with Crippen LogP contribution in [0, 0.1) is 0 Å². The van der Waals surface area contributed by atoms with E-state index in [4.69, 9.17) is 14.2 Å². The summed E-state index contributed by atoms with van der Waals surface area (Å²) < 4.78 is 42.6. The lowest BCUT2D eigenvalue weighted by Gasteiger charge is -2.18. The molecule has 2 rings (SSSR count). The first-order chi connectivity index (χ1) is 11.4. The number of hydrogen-bond donors (Lipinski definition) is 2. The van der Waals surface area contributed by atoms with Crippen molar-refractivity contribution in [2.24, 2.45) is 0 Å². The summed E-state index contributed by atoms with van der Waals surface area (Å²) in [5.41, 5.74) is -0.569. The average molecular weight is 373 g/mol. The van der Waals surface area contributed by atoms with Crippen molar-refractivity contribution in [3.63, 3.8) is 0 Å². The van der Waals surface area contributed by atoms with Gasteiger partial charge in [-0.3, -0.25) is 4.72 Å². The number of methoxy groups -OCH3 is 3. The summed E-state index contributed by atoms with van der Waals surface area (Å²) in [6.07, 6.45) is 0. The first-order valence-corrected chi connectivity index (χ1v) is 8.84. The van der Waals surface area contributed by atoms with E-state index in [1.807, 2.05) is 0 Å². The molecular formula is C14H15NO7S2. The molecule has 0 aliphatic carbocycles. The zero-order valence-corrected chi connectivity index (χ0v) is 14.7. The summed E-state index contributed by atoms with van der Waals surface area (Å²) >= 11 is 1.000. The fraction of sp³-hybridized carbons (Fsp3) is 0.214. The first kappa shape index (κ1) is 17.9. The number of anilines is 1. The standard InChI is InChI=1S/C14H15NO7S2/c1-20-9-7-8(14(16)17)11(13(22-3)12(9)21-2)15-24(18,19)10-5-4-6-23-10/h4-7,15H,1-3H3,(H,16,17). The quantitative estimate of drug-likeness (QED) is 0.766. The number of thiophene rings is 1. The van der Waals surface area contributed by atoms with Gasteiger partial charge in [0.2, 0.25) is 5.75 Å². The Kier molecular flexibility index (Phi) is 5.20. The fourth-order valence-corrected chi connectivity index (χ4v) is 4.10. The van der Waals surface area contributed by atoms with E-state index in [0.29, 0.717) is 0 Å². The lowest BCUT2D eigenvalue weighted by Crippen LogP contribution is -2.16. The highest BCUT2D eigenvalue weighted by Gasteiger charge is 2.28. The van der Waals surface area contributed by atoms with Crippen LogP contribution in [0.4, 0.5) is 5.69 Å². The molecule has 8 nitrogen and oxygen atoms in total. The number of ether oxygens (including phenoxy) is 3. The SMILES string of the molecule is COc1cc(C(=O)O)c(NS(=O)(=O)c2cccs2)c(OC)c1OC. The highest BCUT2D eigenvalue weighted by Crippen LogP contribution is 2.46. The zero-order chi connectivity index (χ0) is 17.9. The number of rotatable bonds is 7. The van der Waals surface area contributed by atoms with Gasteiger partial charge in [0.1, 0.15) is 9.90 Å². The molecule has 130 valence electrons. The molecular weight excluding hydrogens is 358 g/mol. The van der Waals surface area contributed by atoms with E-state index in [0.717, 1.165) is 17.4 Å². The van der Waals surface area contributed by atoms with Crippen molar-refractivity contribution in [3.8, 4) is 17.2 Å². The van der Waals surface area contributed by atoms with Crippen LogP contribution < -0.4 is 18.9 Å².